The Hall–Kier alpha value is -0.980. The first-order chi connectivity index (χ1) is 8.47. The average Bonchev–Trinajstić information content (AvgIpc) is 2.32. The van der Waals surface area contributed by atoms with Gasteiger partial charge in [-0.15, -0.1) is 0 Å². The van der Waals surface area contributed by atoms with Crippen LogP contribution in [0.4, 0.5) is 4.39 Å². The molecule has 0 amide bonds. The highest BCUT2D eigenvalue weighted by Crippen LogP contribution is 2.13. The van der Waals surface area contributed by atoms with Gasteiger partial charge in [0.2, 0.25) is 10.0 Å². The van der Waals surface area contributed by atoms with E-state index in [4.69, 9.17) is 0 Å². The summed E-state index contributed by atoms with van der Waals surface area (Å²) in [7, 11) is -1.31. The Morgan fingerprint density at radius 3 is 2.22 bits per heavy atom. The number of nitrogens with zero attached hydrogens (tertiary/aromatic N) is 2. The van der Waals surface area contributed by atoms with Crippen molar-refractivity contribution in [1.29, 1.82) is 0 Å². The van der Waals surface area contributed by atoms with Crippen LogP contribution < -0.4 is 0 Å². The second kappa shape index (κ2) is 5.34. The van der Waals surface area contributed by atoms with Crippen LogP contribution in [-0.4, -0.2) is 50.8 Å². The zero-order valence-corrected chi connectivity index (χ0v) is 11.2. The van der Waals surface area contributed by atoms with Crippen molar-refractivity contribution >= 4 is 10.0 Å². The van der Waals surface area contributed by atoms with E-state index in [1.807, 2.05) is 7.05 Å². The Labute approximate surface area is 107 Å². The molecule has 0 saturated carbocycles. The molecule has 2 rings (SSSR count). The fourth-order valence-corrected chi connectivity index (χ4v) is 3.46. The summed E-state index contributed by atoms with van der Waals surface area (Å²) in [6.07, 6.45) is 0. The van der Waals surface area contributed by atoms with Gasteiger partial charge in [0.25, 0.3) is 0 Å². The van der Waals surface area contributed by atoms with Crippen LogP contribution >= 0.6 is 0 Å². The van der Waals surface area contributed by atoms with Gasteiger partial charge in [-0.3, -0.25) is 0 Å². The molecule has 0 spiro atoms. The predicted octanol–water partition coefficient (Wildman–Crippen LogP) is 0.903. The van der Waals surface area contributed by atoms with Crippen molar-refractivity contribution < 1.29 is 12.8 Å². The van der Waals surface area contributed by atoms with E-state index in [1.54, 1.807) is 0 Å². The molecule has 18 heavy (non-hydrogen) atoms. The van der Waals surface area contributed by atoms with E-state index in [2.05, 4.69) is 4.90 Å². The number of hydrogen-bond donors (Lipinski definition) is 0. The number of rotatable bonds is 3. The van der Waals surface area contributed by atoms with Gasteiger partial charge >= 0.3 is 0 Å². The molecule has 1 fully saturated rings. The van der Waals surface area contributed by atoms with Crippen molar-refractivity contribution in [3.8, 4) is 0 Å². The number of halogens is 1. The third-order valence-electron chi connectivity index (χ3n) is 3.12. The summed E-state index contributed by atoms with van der Waals surface area (Å²) in [5.41, 5.74) is 0.621. The van der Waals surface area contributed by atoms with Crippen LogP contribution in [0.1, 0.15) is 5.56 Å². The molecule has 0 aliphatic carbocycles. The molecule has 0 atom stereocenters. The van der Waals surface area contributed by atoms with Gasteiger partial charge < -0.3 is 4.90 Å². The highest BCUT2D eigenvalue weighted by Gasteiger charge is 2.25. The van der Waals surface area contributed by atoms with Crippen LogP contribution in [0.15, 0.2) is 24.3 Å². The molecule has 0 radical (unpaired) electrons. The van der Waals surface area contributed by atoms with E-state index >= 15 is 0 Å². The molecule has 1 aromatic carbocycles. The van der Waals surface area contributed by atoms with Crippen LogP contribution in [0.5, 0.6) is 0 Å². The van der Waals surface area contributed by atoms with Gasteiger partial charge in [-0.1, -0.05) is 12.1 Å². The van der Waals surface area contributed by atoms with Crippen molar-refractivity contribution in [2.45, 2.75) is 5.75 Å². The van der Waals surface area contributed by atoms with E-state index in [-0.39, 0.29) is 11.6 Å². The summed E-state index contributed by atoms with van der Waals surface area (Å²) in [5, 5.41) is 0. The van der Waals surface area contributed by atoms with Crippen molar-refractivity contribution in [1.82, 2.24) is 9.21 Å². The largest absolute Gasteiger partial charge is 0.304 e. The molecule has 100 valence electrons. The number of piperazine rings is 1. The molecule has 0 unspecified atom stereocenters. The number of benzene rings is 1. The van der Waals surface area contributed by atoms with E-state index in [0.29, 0.717) is 18.7 Å². The van der Waals surface area contributed by atoms with E-state index in [0.717, 1.165) is 13.1 Å². The number of sulfonamides is 1. The van der Waals surface area contributed by atoms with Crippen molar-refractivity contribution in [3.05, 3.63) is 35.6 Å². The van der Waals surface area contributed by atoms with E-state index in [9.17, 15) is 12.8 Å². The Morgan fingerprint density at radius 2 is 1.67 bits per heavy atom. The maximum atomic E-state index is 12.8. The third-order valence-corrected chi connectivity index (χ3v) is 4.97. The molecule has 0 N–H and O–H groups in total. The molecule has 0 bridgehead atoms. The summed E-state index contributed by atoms with van der Waals surface area (Å²) < 4.78 is 38.6. The minimum absolute atomic E-state index is 0.0585. The van der Waals surface area contributed by atoms with Gasteiger partial charge in [0, 0.05) is 26.2 Å². The first-order valence-corrected chi connectivity index (χ1v) is 7.49. The van der Waals surface area contributed by atoms with Crippen LogP contribution in [0, 0.1) is 5.82 Å². The van der Waals surface area contributed by atoms with Gasteiger partial charge in [0.1, 0.15) is 5.82 Å². The maximum absolute atomic E-state index is 12.8. The van der Waals surface area contributed by atoms with Crippen molar-refractivity contribution in [2.75, 3.05) is 33.2 Å². The van der Waals surface area contributed by atoms with Crippen LogP contribution in [0.25, 0.3) is 0 Å². The summed E-state index contributed by atoms with van der Waals surface area (Å²) in [5.74, 6) is -0.410. The Balaban J connectivity index is 2.05. The Bertz CT molecular complexity index is 493. The molecule has 0 aromatic heterocycles. The lowest BCUT2D eigenvalue weighted by Crippen LogP contribution is -2.47. The average molecular weight is 272 g/mol. The number of likely N-dealkylation sites (N-methyl/N-ethyl adjacent to an activating group) is 1. The first kappa shape index (κ1) is 13.5. The minimum Gasteiger partial charge on any atom is -0.304 e. The molecule has 1 heterocycles. The SMILES string of the molecule is CN1CCN(S(=O)(=O)Cc2ccc(F)cc2)CC1. The third kappa shape index (κ3) is 3.28. The highest BCUT2D eigenvalue weighted by molar-refractivity contribution is 7.88. The highest BCUT2D eigenvalue weighted by atomic mass is 32.2. The lowest BCUT2D eigenvalue weighted by atomic mass is 10.2. The Morgan fingerprint density at radius 1 is 1.11 bits per heavy atom. The summed E-state index contributed by atoms with van der Waals surface area (Å²) in [6.45, 7) is 2.56. The standard InChI is InChI=1S/C12H17FN2O2S/c1-14-6-8-15(9-7-14)18(16,17)10-11-2-4-12(13)5-3-11/h2-5H,6-10H2,1H3. The smallest absolute Gasteiger partial charge is 0.218 e. The summed E-state index contributed by atoms with van der Waals surface area (Å²) >= 11 is 0. The van der Waals surface area contributed by atoms with Crippen LogP contribution in [-0.2, 0) is 15.8 Å². The monoisotopic (exact) mass is 272 g/mol. The molecule has 1 saturated heterocycles. The molecule has 1 aliphatic heterocycles. The molecule has 6 heteroatoms. The number of hydrogen-bond acceptors (Lipinski definition) is 3. The second-order valence-electron chi connectivity index (χ2n) is 4.59. The Kier molecular flexibility index (Phi) is 3.99. The van der Waals surface area contributed by atoms with E-state index < -0.39 is 10.0 Å². The van der Waals surface area contributed by atoms with Gasteiger partial charge in [0.15, 0.2) is 0 Å². The normalized spacial score (nSPS) is 19.0. The van der Waals surface area contributed by atoms with Gasteiger partial charge in [-0.05, 0) is 24.7 Å². The predicted molar refractivity (Wildman–Crippen MR) is 68.1 cm³/mol. The van der Waals surface area contributed by atoms with Gasteiger partial charge in [-0.2, -0.15) is 4.31 Å². The summed E-state index contributed by atoms with van der Waals surface area (Å²) in [4.78, 5) is 2.10. The van der Waals surface area contributed by atoms with Gasteiger partial charge in [0.05, 0.1) is 5.75 Å². The van der Waals surface area contributed by atoms with Crippen molar-refractivity contribution in [3.63, 3.8) is 0 Å². The topological polar surface area (TPSA) is 40.6 Å². The molecule has 1 aromatic rings. The molecular weight excluding hydrogens is 255 g/mol. The lowest BCUT2D eigenvalue weighted by molar-refractivity contribution is 0.222. The van der Waals surface area contributed by atoms with Gasteiger partial charge in [-0.25, -0.2) is 12.8 Å². The molecule has 4 nitrogen and oxygen atoms in total. The fourth-order valence-electron chi connectivity index (χ4n) is 1.95. The molecule has 1 aliphatic rings. The zero-order chi connectivity index (χ0) is 13.2. The fraction of sp³-hybridized carbons (Fsp3) is 0.500. The van der Waals surface area contributed by atoms with Crippen LogP contribution in [0.3, 0.4) is 0 Å². The first-order valence-electron chi connectivity index (χ1n) is 5.88. The molecular formula is C12H17FN2O2S. The summed E-state index contributed by atoms with van der Waals surface area (Å²) in [6, 6.07) is 5.61. The maximum Gasteiger partial charge on any atom is 0.218 e. The zero-order valence-electron chi connectivity index (χ0n) is 10.3. The van der Waals surface area contributed by atoms with Crippen molar-refractivity contribution in [2.24, 2.45) is 0 Å². The second-order valence-corrected chi connectivity index (χ2v) is 6.55. The lowest BCUT2D eigenvalue weighted by Gasteiger charge is -2.31. The minimum atomic E-state index is -3.29. The quantitative estimate of drug-likeness (QED) is 0.821. The van der Waals surface area contributed by atoms with E-state index in [1.165, 1.54) is 28.6 Å². The van der Waals surface area contributed by atoms with Crippen LogP contribution in [0.2, 0.25) is 0 Å².